The van der Waals surface area contributed by atoms with Crippen LogP contribution in [0.5, 0.6) is 0 Å². The summed E-state index contributed by atoms with van der Waals surface area (Å²) in [6.07, 6.45) is 0. The Morgan fingerprint density at radius 2 is 1.34 bits per heavy atom. The van der Waals surface area contributed by atoms with E-state index in [-0.39, 0.29) is 11.8 Å². The second-order valence-corrected chi connectivity index (χ2v) is 9.09. The van der Waals surface area contributed by atoms with E-state index in [2.05, 4.69) is 40.3 Å². The van der Waals surface area contributed by atoms with Crippen molar-refractivity contribution in [3.63, 3.8) is 0 Å². The number of rotatable bonds is 7. The van der Waals surface area contributed by atoms with Crippen LogP contribution in [0.1, 0.15) is 42.0 Å². The third-order valence-electron chi connectivity index (χ3n) is 6.27. The Morgan fingerprint density at radius 3 is 1.94 bits per heavy atom. The SMILES string of the molecule is Cc1cccc(NC(=O)CN2CCN(CC(=O)Nc3c(C)cccc3C(C)C)CC2)c1C. The van der Waals surface area contributed by atoms with Gasteiger partial charge in [0.05, 0.1) is 13.1 Å². The topological polar surface area (TPSA) is 64.7 Å². The molecular weight excluding hydrogens is 400 g/mol. The molecule has 1 heterocycles. The summed E-state index contributed by atoms with van der Waals surface area (Å²) in [5, 5.41) is 6.16. The molecule has 0 radical (unpaired) electrons. The summed E-state index contributed by atoms with van der Waals surface area (Å²) < 4.78 is 0. The second kappa shape index (κ2) is 10.7. The zero-order valence-electron chi connectivity index (χ0n) is 20.0. The summed E-state index contributed by atoms with van der Waals surface area (Å²) in [6.45, 7) is 14.2. The molecule has 2 aromatic carbocycles. The van der Waals surface area contributed by atoms with Gasteiger partial charge in [-0.2, -0.15) is 0 Å². The minimum atomic E-state index is 0.00524. The molecule has 0 saturated carbocycles. The summed E-state index contributed by atoms with van der Waals surface area (Å²) in [4.78, 5) is 29.5. The largest absolute Gasteiger partial charge is 0.325 e. The average Bonchev–Trinajstić information content (AvgIpc) is 2.74. The number of para-hydroxylation sites is 1. The molecule has 32 heavy (non-hydrogen) atoms. The monoisotopic (exact) mass is 436 g/mol. The first-order valence-corrected chi connectivity index (χ1v) is 11.4. The van der Waals surface area contributed by atoms with Gasteiger partial charge in [0, 0.05) is 37.6 Å². The maximum absolute atomic E-state index is 12.7. The van der Waals surface area contributed by atoms with Crippen molar-refractivity contribution in [3.8, 4) is 0 Å². The van der Waals surface area contributed by atoms with Gasteiger partial charge in [-0.3, -0.25) is 19.4 Å². The van der Waals surface area contributed by atoms with Crippen LogP contribution in [-0.4, -0.2) is 60.9 Å². The van der Waals surface area contributed by atoms with E-state index >= 15 is 0 Å². The molecular formula is C26H36N4O2. The van der Waals surface area contributed by atoms with Crippen LogP contribution in [0.3, 0.4) is 0 Å². The van der Waals surface area contributed by atoms with Crippen LogP contribution < -0.4 is 10.6 Å². The van der Waals surface area contributed by atoms with E-state index in [1.54, 1.807) is 0 Å². The van der Waals surface area contributed by atoms with Crippen molar-refractivity contribution in [1.82, 2.24) is 9.80 Å². The van der Waals surface area contributed by atoms with Crippen molar-refractivity contribution in [1.29, 1.82) is 0 Å². The molecule has 0 aliphatic carbocycles. The Morgan fingerprint density at radius 1 is 0.812 bits per heavy atom. The average molecular weight is 437 g/mol. The van der Waals surface area contributed by atoms with E-state index in [4.69, 9.17) is 0 Å². The number of aryl methyl sites for hydroxylation is 2. The fourth-order valence-electron chi connectivity index (χ4n) is 4.11. The number of piperazine rings is 1. The van der Waals surface area contributed by atoms with Gasteiger partial charge < -0.3 is 10.6 Å². The predicted molar refractivity (Wildman–Crippen MR) is 131 cm³/mol. The Kier molecular flexibility index (Phi) is 8.04. The van der Waals surface area contributed by atoms with Crippen molar-refractivity contribution < 1.29 is 9.59 Å². The molecule has 2 aromatic rings. The number of nitrogens with one attached hydrogen (secondary N) is 2. The van der Waals surface area contributed by atoms with Crippen molar-refractivity contribution in [3.05, 3.63) is 58.7 Å². The summed E-state index contributed by atoms with van der Waals surface area (Å²) in [6, 6.07) is 12.1. The molecule has 2 amide bonds. The molecule has 1 fully saturated rings. The van der Waals surface area contributed by atoms with Crippen molar-refractivity contribution >= 4 is 23.2 Å². The lowest BCUT2D eigenvalue weighted by Crippen LogP contribution is -2.50. The lowest BCUT2D eigenvalue weighted by atomic mass is 9.98. The normalized spacial score (nSPS) is 15.1. The molecule has 3 rings (SSSR count). The van der Waals surface area contributed by atoms with E-state index in [9.17, 15) is 9.59 Å². The summed E-state index contributed by atoms with van der Waals surface area (Å²) in [7, 11) is 0. The minimum Gasteiger partial charge on any atom is -0.325 e. The third kappa shape index (κ3) is 6.17. The molecule has 1 aliphatic heterocycles. The van der Waals surface area contributed by atoms with Crippen molar-refractivity contribution in [2.75, 3.05) is 49.9 Å². The van der Waals surface area contributed by atoms with Crippen LogP contribution in [0.4, 0.5) is 11.4 Å². The molecule has 2 N–H and O–H groups in total. The zero-order chi connectivity index (χ0) is 23.3. The van der Waals surface area contributed by atoms with Crippen molar-refractivity contribution in [2.24, 2.45) is 0 Å². The van der Waals surface area contributed by atoms with Crippen LogP contribution in [0.25, 0.3) is 0 Å². The summed E-state index contributed by atoms with van der Waals surface area (Å²) in [5.41, 5.74) is 6.34. The van der Waals surface area contributed by atoms with Gasteiger partial charge in [0.1, 0.15) is 0 Å². The molecule has 0 atom stereocenters. The van der Waals surface area contributed by atoms with Gasteiger partial charge >= 0.3 is 0 Å². The first-order chi connectivity index (χ1) is 15.2. The van der Waals surface area contributed by atoms with Crippen LogP contribution >= 0.6 is 0 Å². The molecule has 0 spiro atoms. The van der Waals surface area contributed by atoms with E-state index in [0.717, 1.165) is 54.2 Å². The van der Waals surface area contributed by atoms with E-state index < -0.39 is 0 Å². The van der Waals surface area contributed by atoms with Gasteiger partial charge in [0.2, 0.25) is 11.8 Å². The number of benzene rings is 2. The standard InChI is InChI=1S/C26H36N4O2/c1-18(2)22-10-6-9-20(4)26(22)28-25(32)17-30-14-12-29(13-15-30)16-24(31)27-23-11-7-8-19(3)21(23)5/h6-11,18H,12-17H2,1-5H3,(H,27,31)(H,28,32). The number of anilines is 2. The maximum atomic E-state index is 12.7. The highest BCUT2D eigenvalue weighted by Crippen LogP contribution is 2.27. The quantitative estimate of drug-likeness (QED) is 0.690. The lowest BCUT2D eigenvalue weighted by Gasteiger charge is -2.34. The first kappa shape index (κ1) is 24.0. The number of nitrogens with zero attached hydrogens (tertiary/aromatic N) is 2. The van der Waals surface area contributed by atoms with Gasteiger partial charge in [-0.25, -0.2) is 0 Å². The molecule has 0 unspecified atom stereocenters. The Labute approximate surface area is 192 Å². The number of hydrogen-bond acceptors (Lipinski definition) is 4. The number of carbonyl (C=O) groups excluding carboxylic acids is 2. The minimum absolute atomic E-state index is 0.00524. The second-order valence-electron chi connectivity index (χ2n) is 9.09. The van der Waals surface area contributed by atoms with Crippen molar-refractivity contribution in [2.45, 2.75) is 40.5 Å². The highest BCUT2D eigenvalue weighted by Gasteiger charge is 2.21. The first-order valence-electron chi connectivity index (χ1n) is 11.4. The Hall–Kier alpha value is -2.70. The maximum Gasteiger partial charge on any atom is 0.238 e. The van der Waals surface area contributed by atoms with Crippen LogP contribution in [0, 0.1) is 20.8 Å². The van der Waals surface area contributed by atoms with Gasteiger partial charge in [0.25, 0.3) is 0 Å². The molecule has 1 saturated heterocycles. The molecule has 0 bridgehead atoms. The smallest absolute Gasteiger partial charge is 0.238 e. The van der Waals surface area contributed by atoms with Crippen LogP contribution in [0.15, 0.2) is 36.4 Å². The number of amides is 2. The summed E-state index contributed by atoms with van der Waals surface area (Å²) in [5.74, 6) is 0.372. The van der Waals surface area contributed by atoms with E-state index in [1.165, 1.54) is 5.56 Å². The van der Waals surface area contributed by atoms with Gasteiger partial charge in [-0.1, -0.05) is 44.2 Å². The third-order valence-corrected chi connectivity index (χ3v) is 6.27. The number of carbonyl (C=O) groups is 2. The fourth-order valence-corrected chi connectivity index (χ4v) is 4.11. The number of hydrogen-bond donors (Lipinski definition) is 2. The lowest BCUT2D eigenvalue weighted by molar-refractivity contribution is -0.120. The molecule has 6 nitrogen and oxygen atoms in total. The summed E-state index contributed by atoms with van der Waals surface area (Å²) >= 11 is 0. The van der Waals surface area contributed by atoms with E-state index in [0.29, 0.717) is 19.0 Å². The molecule has 0 aromatic heterocycles. The molecule has 6 heteroatoms. The van der Waals surface area contributed by atoms with Crippen LogP contribution in [0.2, 0.25) is 0 Å². The Balaban J connectivity index is 1.46. The fraction of sp³-hybridized carbons (Fsp3) is 0.462. The molecule has 172 valence electrons. The highest BCUT2D eigenvalue weighted by molar-refractivity contribution is 5.94. The highest BCUT2D eigenvalue weighted by atomic mass is 16.2. The van der Waals surface area contributed by atoms with Gasteiger partial charge in [-0.05, 0) is 55.0 Å². The van der Waals surface area contributed by atoms with E-state index in [1.807, 2.05) is 51.1 Å². The Bertz CT molecular complexity index is 962. The van der Waals surface area contributed by atoms with Gasteiger partial charge in [0.15, 0.2) is 0 Å². The molecule has 1 aliphatic rings. The van der Waals surface area contributed by atoms with Gasteiger partial charge in [-0.15, -0.1) is 0 Å². The zero-order valence-corrected chi connectivity index (χ0v) is 20.0. The van der Waals surface area contributed by atoms with Crippen LogP contribution in [-0.2, 0) is 9.59 Å². The predicted octanol–water partition coefficient (Wildman–Crippen LogP) is 3.93.